The van der Waals surface area contributed by atoms with E-state index in [4.69, 9.17) is 5.73 Å². The zero-order chi connectivity index (χ0) is 23.5. The molecule has 3 N–H and O–H groups in total. The second-order valence-corrected chi connectivity index (χ2v) is 8.58. The maximum absolute atomic E-state index is 14.2. The summed E-state index contributed by atoms with van der Waals surface area (Å²) < 4.78 is 42.7. The summed E-state index contributed by atoms with van der Waals surface area (Å²) in [5, 5.41) is 24.9. The Labute approximate surface area is 186 Å². The van der Waals surface area contributed by atoms with Gasteiger partial charge in [0.25, 0.3) is 0 Å². The summed E-state index contributed by atoms with van der Waals surface area (Å²) >= 11 is 0. The highest BCUT2D eigenvalue weighted by Crippen LogP contribution is 2.43. The zero-order valence-corrected chi connectivity index (χ0v) is 17.5. The van der Waals surface area contributed by atoms with Crippen molar-refractivity contribution in [3.8, 4) is 28.5 Å². The van der Waals surface area contributed by atoms with E-state index < -0.39 is 23.1 Å². The molecule has 2 heterocycles. The Balaban J connectivity index is 1.54. The first-order valence-electron chi connectivity index (χ1n) is 10.2. The molecule has 1 fully saturated rings. The van der Waals surface area contributed by atoms with Crippen molar-refractivity contribution in [3.63, 3.8) is 0 Å². The van der Waals surface area contributed by atoms with E-state index in [9.17, 15) is 23.5 Å². The van der Waals surface area contributed by atoms with Crippen LogP contribution >= 0.6 is 0 Å². The molecule has 0 aliphatic heterocycles. The lowest BCUT2D eigenvalue weighted by molar-refractivity contribution is -0.0535. The van der Waals surface area contributed by atoms with Gasteiger partial charge in [0.15, 0.2) is 17.5 Å². The number of nitrogen functional groups attached to an aromatic ring is 1. The Morgan fingerprint density at radius 1 is 1.12 bits per heavy atom. The van der Waals surface area contributed by atoms with Gasteiger partial charge < -0.3 is 10.8 Å². The molecule has 0 amide bonds. The van der Waals surface area contributed by atoms with Crippen LogP contribution in [0.15, 0.2) is 42.6 Å². The van der Waals surface area contributed by atoms with Gasteiger partial charge in [-0.25, -0.2) is 17.9 Å². The van der Waals surface area contributed by atoms with E-state index >= 15 is 0 Å². The highest BCUT2D eigenvalue weighted by atomic mass is 19.2. The van der Waals surface area contributed by atoms with Crippen molar-refractivity contribution in [2.45, 2.75) is 31.4 Å². The summed E-state index contributed by atoms with van der Waals surface area (Å²) in [6.07, 6.45) is 2.36. The standard InChI is InChI=1S/C24H18F3N5O/c1-24(33)8-15(9-24)32-23(29)17(10-28)22(31-32)13-3-2-12-6-14(11-30-19(12)7-13)16-4-5-18(25)21(27)20(16)26/h2-7,11,15,33H,8-9,29H2,1H3. The number of nitrogens with zero attached hydrogens (tertiary/aromatic N) is 4. The molecule has 4 aromatic rings. The molecule has 0 spiro atoms. The third-order valence-electron chi connectivity index (χ3n) is 6.06. The van der Waals surface area contributed by atoms with E-state index in [1.807, 2.05) is 0 Å². The summed E-state index contributed by atoms with van der Waals surface area (Å²) in [6.45, 7) is 1.74. The zero-order valence-electron chi connectivity index (χ0n) is 17.5. The molecule has 2 aromatic heterocycles. The van der Waals surface area contributed by atoms with E-state index in [1.54, 1.807) is 35.9 Å². The van der Waals surface area contributed by atoms with Gasteiger partial charge in [0.2, 0.25) is 0 Å². The van der Waals surface area contributed by atoms with Gasteiger partial charge >= 0.3 is 0 Å². The predicted molar refractivity (Wildman–Crippen MR) is 116 cm³/mol. The largest absolute Gasteiger partial charge is 0.390 e. The van der Waals surface area contributed by atoms with Crippen LogP contribution in [0.3, 0.4) is 0 Å². The van der Waals surface area contributed by atoms with Gasteiger partial charge in [0.1, 0.15) is 23.1 Å². The Bertz CT molecular complexity index is 1460. The number of aromatic nitrogens is 3. The van der Waals surface area contributed by atoms with Crippen LogP contribution < -0.4 is 5.73 Å². The van der Waals surface area contributed by atoms with Crippen LogP contribution in [0.25, 0.3) is 33.3 Å². The van der Waals surface area contributed by atoms with Gasteiger partial charge in [0.05, 0.1) is 17.2 Å². The second kappa shape index (κ2) is 7.32. The number of benzene rings is 2. The van der Waals surface area contributed by atoms with E-state index in [1.165, 1.54) is 6.20 Å². The normalized spacial score (nSPS) is 19.9. The quantitative estimate of drug-likeness (QED) is 0.441. The van der Waals surface area contributed by atoms with Crippen molar-refractivity contribution in [1.29, 1.82) is 5.26 Å². The van der Waals surface area contributed by atoms with Gasteiger partial charge in [0, 0.05) is 28.3 Å². The van der Waals surface area contributed by atoms with Crippen LogP contribution in [-0.2, 0) is 0 Å². The molecule has 5 rings (SSSR count). The maximum Gasteiger partial charge on any atom is 0.195 e. The summed E-state index contributed by atoms with van der Waals surface area (Å²) in [5.74, 6) is -3.83. The van der Waals surface area contributed by atoms with Crippen molar-refractivity contribution in [3.05, 3.63) is 65.6 Å². The number of hydrogen-bond donors (Lipinski definition) is 2. The molecule has 0 radical (unpaired) electrons. The van der Waals surface area contributed by atoms with Crippen molar-refractivity contribution >= 4 is 16.7 Å². The predicted octanol–water partition coefficient (Wildman–Crippen LogP) is 4.72. The molecule has 33 heavy (non-hydrogen) atoms. The molecular formula is C24H18F3N5O. The van der Waals surface area contributed by atoms with Gasteiger partial charge in [-0.2, -0.15) is 10.4 Å². The fourth-order valence-electron chi connectivity index (χ4n) is 4.33. The molecule has 0 saturated heterocycles. The summed E-state index contributed by atoms with van der Waals surface area (Å²) in [4.78, 5) is 4.34. The van der Waals surface area contributed by atoms with E-state index in [0.717, 1.165) is 12.1 Å². The summed E-state index contributed by atoms with van der Waals surface area (Å²) in [5.41, 5.74) is 7.41. The Kier molecular flexibility index (Phi) is 4.65. The Morgan fingerprint density at radius 2 is 1.88 bits per heavy atom. The summed E-state index contributed by atoms with van der Waals surface area (Å²) in [6, 6.07) is 10.9. The van der Waals surface area contributed by atoms with Gasteiger partial charge in [-0.05, 0) is 44.0 Å². The molecule has 0 bridgehead atoms. The van der Waals surface area contributed by atoms with E-state index in [-0.39, 0.29) is 23.0 Å². The summed E-state index contributed by atoms with van der Waals surface area (Å²) in [7, 11) is 0. The van der Waals surface area contributed by atoms with Crippen molar-refractivity contribution < 1.29 is 18.3 Å². The molecule has 166 valence electrons. The van der Waals surface area contributed by atoms with Crippen molar-refractivity contribution in [2.24, 2.45) is 0 Å². The lowest BCUT2D eigenvalue weighted by Gasteiger charge is -2.41. The van der Waals surface area contributed by atoms with Crippen LogP contribution in [0.5, 0.6) is 0 Å². The van der Waals surface area contributed by atoms with E-state index in [0.29, 0.717) is 40.6 Å². The Morgan fingerprint density at radius 3 is 2.58 bits per heavy atom. The minimum atomic E-state index is -1.53. The van der Waals surface area contributed by atoms with Gasteiger partial charge in [-0.3, -0.25) is 4.98 Å². The molecule has 1 aliphatic rings. The Hall–Kier alpha value is -3.90. The van der Waals surface area contributed by atoms with Gasteiger partial charge in [-0.15, -0.1) is 0 Å². The SMILES string of the molecule is CC1(O)CC(n2nc(-c3ccc4cc(-c5ccc(F)c(F)c5F)cnc4c3)c(C#N)c2N)C1. The minimum absolute atomic E-state index is 0.0898. The lowest BCUT2D eigenvalue weighted by Crippen LogP contribution is -2.42. The number of hydrogen-bond acceptors (Lipinski definition) is 5. The average Bonchev–Trinajstić information content (AvgIpc) is 3.11. The second-order valence-electron chi connectivity index (χ2n) is 8.58. The highest BCUT2D eigenvalue weighted by molar-refractivity contribution is 5.88. The first-order valence-corrected chi connectivity index (χ1v) is 10.2. The first kappa shape index (κ1) is 21.0. The molecule has 9 heteroatoms. The molecule has 2 aromatic carbocycles. The number of fused-ring (bicyclic) bond motifs is 1. The number of halogens is 3. The molecular weight excluding hydrogens is 431 g/mol. The number of pyridine rings is 1. The van der Waals surface area contributed by atoms with Crippen LogP contribution in [0.2, 0.25) is 0 Å². The maximum atomic E-state index is 14.2. The third kappa shape index (κ3) is 3.39. The molecule has 6 nitrogen and oxygen atoms in total. The number of aliphatic hydroxyl groups is 1. The topological polar surface area (TPSA) is 101 Å². The highest BCUT2D eigenvalue weighted by Gasteiger charge is 2.41. The van der Waals surface area contributed by atoms with Crippen molar-refractivity contribution in [1.82, 2.24) is 14.8 Å². The van der Waals surface area contributed by atoms with Crippen LogP contribution in [-0.4, -0.2) is 25.5 Å². The molecule has 0 unspecified atom stereocenters. The molecule has 1 saturated carbocycles. The monoisotopic (exact) mass is 449 g/mol. The number of nitriles is 1. The van der Waals surface area contributed by atoms with Crippen LogP contribution in [0.4, 0.5) is 19.0 Å². The third-order valence-corrected chi connectivity index (χ3v) is 6.06. The number of anilines is 1. The van der Waals surface area contributed by atoms with Gasteiger partial charge in [-0.1, -0.05) is 12.1 Å². The molecule has 1 aliphatic carbocycles. The minimum Gasteiger partial charge on any atom is -0.390 e. The lowest BCUT2D eigenvalue weighted by atomic mass is 9.77. The van der Waals surface area contributed by atoms with Crippen molar-refractivity contribution in [2.75, 3.05) is 5.73 Å². The van der Waals surface area contributed by atoms with E-state index in [2.05, 4.69) is 16.2 Å². The van der Waals surface area contributed by atoms with Crippen LogP contribution in [0.1, 0.15) is 31.4 Å². The number of nitrogens with two attached hydrogens (primary N) is 1. The smallest absolute Gasteiger partial charge is 0.195 e. The van der Waals surface area contributed by atoms with Crippen LogP contribution in [0, 0.1) is 28.8 Å². The fourth-order valence-corrected chi connectivity index (χ4v) is 4.33. The first-order chi connectivity index (χ1) is 15.7. The fraction of sp³-hybridized carbons (Fsp3) is 0.208. The average molecular weight is 449 g/mol. The molecule has 0 atom stereocenters. The number of rotatable bonds is 3.